The lowest BCUT2D eigenvalue weighted by Crippen LogP contribution is -2.55. The number of thiazole rings is 1. The number of nitrogens with zero attached hydrogens (tertiary/aromatic N) is 3. The van der Waals surface area contributed by atoms with Crippen LogP contribution < -0.4 is 4.90 Å². The molecule has 2 saturated heterocycles. The van der Waals surface area contributed by atoms with Crippen LogP contribution in [-0.2, 0) is 4.79 Å². The lowest BCUT2D eigenvalue weighted by molar-refractivity contribution is -0.137. The molecular formula is C17H20FN3OS. The van der Waals surface area contributed by atoms with Crippen molar-refractivity contribution in [2.24, 2.45) is 11.8 Å². The van der Waals surface area contributed by atoms with Crippen LogP contribution >= 0.6 is 11.3 Å². The van der Waals surface area contributed by atoms with Crippen LogP contribution in [0.25, 0.3) is 10.2 Å². The standard InChI is InChI=1S/C17H20FN3OS/c1-11-5-7-20(8-6-11)16(22)12-9-21(10-12)17-19-15-13(18)3-2-4-14(15)23-17/h2-4,11-12H,5-10H2,1H3. The molecule has 2 aliphatic rings. The second kappa shape index (κ2) is 5.74. The van der Waals surface area contributed by atoms with Crippen molar-refractivity contribution in [1.29, 1.82) is 0 Å². The summed E-state index contributed by atoms with van der Waals surface area (Å²) in [7, 11) is 0. The fourth-order valence-electron chi connectivity index (χ4n) is 3.32. The van der Waals surface area contributed by atoms with Crippen molar-refractivity contribution in [3.8, 4) is 0 Å². The molecule has 1 amide bonds. The van der Waals surface area contributed by atoms with Crippen molar-refractivity contribution < 1.29 is 9.18 Å². The van der Waals surface area contributed by atoms with Crippen molar-refractivity contribution in [3.05, 3.63) is 24.0 Å². The number of likely N-dealkylation sites (tertiary alicyclic amines) is 1. The number of anilines is 1. The summed E-state index contributed by atoms with van der Waals surface area (Å²) in [6.07, 6.45) is 2.22. The minimum absolute atomic E-state index is 0.0697. The van der Waals surface area contributed by atoms with E-state index < -0.39 is 0 Å². The summed E-state index contributed by atoms with van der Waals surface area (Å²) in [4.78, 5) is 21.0. The van der Waals surface area contributed by atoms with E-state index >= 15 is 0 Å². The van der Waals surface area contributed by atoms with Gasteiger partial charge in [0, 0.05) is 26.2 Å². The molecule has 6 heteroatoms. The van der Waals surface area contributed by atoms with E-state index in [4.69, 9.17) is 0 Å². The largest absolute Gasteiger partial charge is 0.346 e. The molecule has 0 unspecified atom stereocenters. The van der Waals surface area contributed by atoms with E-state index in [0.717, 1.165) is 41.7 Å². The normalized spacial score (nSPS) is 20.1. The quantitative estimate of drug-likeness (QED) is 0.847. The second-order valence-electron chi connectivity index (χ2n) is 6.69. The van der Waals surface area contributed by atoms with Crippen LogP contribution in [0.1, 0.15) is 19.8 Å². The van der Waals surface area contributed by atoms with Crippen LogP contribution in [0.5, 0.6) is 0 Å². The molecule has 0 atom stereocenters. The maximum absolute atomic E-state index is 13.7. The highest BCUT2D eigenvalue weighted by Crippen LogP contribution is 2.34. The van der Waals surface area contributed by atoms with Gasteiger partial charge in [0.15, 0.2) is 5.13 Å². The van der Waals surface area contributed by atoms with Gasteiger partial charge in [0.2, 0.25) is 5.91 Å². The molecule has 0 aliphatic carbocycles. The van der Waals surface area contributed by atoms with Gasteiger partial charge in [0.25, 0.3) is 0 Å². The van der Waals surface area contributed by atoms with Crippen molar-refractivity contribution in [2.45, 2.75) is 19.8 Å². The third-order valence-electron chi connectivity index (χ3n) is 4.96. The predicted molar refractivity (Wildman–Crippen MR) is 90.3 cm³/mol. The number of rotatable bonds is 2. The van der Waals surface area contributed by atoms with E-state index in [1.807, 2.05) is 11.0 Å². The van der Waals surface area contributed by atoms with Gasteiger partial charge in [-0.1, -0.05) is 24.3 Å². The van der Waals surface area contributed by atoms with Gasteiger partial charge in [-0.2, -0.15) is 0 Å². The Morgan fingerprint density at radius 2 is 2.04 bits per heavy atom. The highest BCUT2D eigenvalue weighted by molar-refractivity contribution is 7.22. The first kappa shape index (κ1) is 14.9. The molecule has 2 fully saturated rings. The molecule has 1 aromatic carbocycles. The van der Waals surface area contributed by atoms with Gasteiger partial charge >= 0.3 is 0 Å². The van der Waals surface area contributed by atoms with E-state index in [2.05, 4.69) is 16.8 Å². The Bertz CT molecular complexity index is 733. The maximum atomic E-state index is 13.7. The number of halogens is 1. The van der Waals surface area contributed by atoms with E-state index in [1.165, 1.54) is 17.4 Å². The van der Waals surface area contributed by atoms with E-state index in [0.29, 0.717) is 18.6 Å². The second-order valence-corrected chi connectivity index (χ2v) is 7.70. The molecule has 2 aromatic rings. The minimum atomic E-state index is -0.277. The van der Waals surface area contributed by atoms with Gasteiger partial charge in [-0.15, -0.1) is 0 Å². The fraction of sp³-hybridized carbons (Fsp3) is 0.529. The van der Waals surface area contributed by atoms with Crippen LogP contribution in [0.4, 0.5) is 9.52 Å². The first-order chi connectivity index (χ1) is 11.1. The SMILES string of the molecule is CC1CCN(C(=O)C2CN(c3nc4c(F)cccc4s3)C2)CC1. The van der Waals surface area contributed by atoms with E-state index in [9.17, 15) is 9.18 Å². The molecule has 122 valence electrons. The molecule has 0 spiro atoms. The summed E-state index contributed by atoms with van der Waals surface area (Å²) < 4.78 is 14.6. The molecule has 3 heterocycles. The monoisotopic (exact) mass is 333 g/mol. The van der Waals surface area contributed by atoms with Crippen molar-refractivity contribution in [1.82, 2.24) is 9.88 Å². The highest BCUT2D eigenvalue weighted by Gasteiger charge is 2.37. The molecule has 0 radical (unpaired) electrons. The van der Waals surface area contributed by atoms with Gasteiger partial charge in [-0.3, -0.25) is 4.79 Å². The predicted octanol–water partition coefficient (Wildman–Crippen LogP) is 3.13. The number of hydrogen-bond donors (Lipinski definition) is 0. The smallest absolute Gasteiger partial charge is 0.229 e. The Morgan fingerprint density at radius 1 is 1.30 bits per heavy atom. The Labute approximate surface area is 138 Å². The van der Waals surface area contributed by atoms with Crippen LogP contribution in [-0.4, -0.2) is 42.0 Å². The van der Waals surface area contributed by atoms with Crippen LogP contribution in [0.3, 0.4) is 0 Å². The molecule has 1 aromatic heterocycles. The van der Waals surface area contributed by atoms with E-state index in [-0.39, 0.29) is 17.6 Å². The Hall–Kier alpha value is -1.69. The zero-order chi connectivity index (χ0) is 16.0. The molecule has 0 N–H and O–H groups in total. The lowest BCUT2D eigenvalue weighted by atomic mass is 9.95. The van der Waals surface area contributed by atoms with Crippen LogP contribution in [0.2, 0.25) is 0 Å². The van der Waals surface area contributed by atoms with Crippen molar-refractivity contribution in [2.75, 3.05) is 31.1 Å². The first-order valence-electron chi connectivity index (χ1n) is 8.20. The molecule has 0 bridgehead atoms. The fourth-order valence-corrected chi connectivity index (χ4v) is 4.31. The summed E-state index contributed by atoms with van der Waals surface area (Å²) in [6.45, 7) is 5.43. The van der Waals surface area contributed by atoms with Gasteiger partial charge in [0.1, 0.15) is 11.3 Å². The minimum Gasteiger partial charge on any atom is -0.346 e. The number of carbonyl (C=O) groups excluding carboxylic acids is 1. The number of piperidine rings is 1. The Morgan fingerprint density at radius 3 is 2.74 bits per heavy atom. The Kier molecular flexibility index (Phi) is 3.71. The molecule has 0 saturated carbocycles. The first-order valence-corrected chi connectivity index (χ1v) is 9.02. The van der Waals surface area contributed by atoms with Gasteiger partial charge in [-0.05, 0) is 30.9 Å². The molecule has 4 nitrogen and oxygen atoms in total. The van der Waals surface area contributed by atoms with Crippen LogP contribution in [0.15, 0.2) is 18.2 Å². The van der Waals surface area contributed by atoms with Crippen LogP contribution in [0, 0.1) is 17.7 Å². The third kappa shape index (κ3) is 2.69. The lowest BCUT2D eigenvalue weighted by Gasteiger charge is -2.41. The average Bonchev–Trinajstić information content (AvgIpc) is 2.91. The number of aromatic nitrogens is 1. The summed E-state index contributed by atoms with van der Waals surface area (Å²) in [5.41, 5.74) is 0.437. The third-order valence-corrected chi connectivity index (χ3v) is 6.04. The number of carbonyl (C=O) groups is 1. The van der Waals surface area contributed by atoms with Gasteiger partial charge < -0.3 is 9.80 Å². The average molecular weight is 333 g/mol. The number of fused-ring (bicyclic) bond motifs is 1. The molecular weight excluding hydrogens is 313 g/mol. The maximum Gasteiger partial charge on any atom is 0.229 e. The summed E-state index contributed by atoms with van der Waals surface area (Å²) in [5, 5.41) is 0.821. The number of para-hydroxylation sites is 1. The summed E-state index contributed by atoms with van der Waals surface area (Å²) in [6, 6.07) is 5.03. The number of amides is 1. The number of benzene rings is 1. The zero-order valence-corrected chi connectivity index (χ0v) is 14.0. The van der Waals surface area contributed by atoms with Crippen molar-refractivity contribution >= 4 is 32.6 Å². The Balaban J connectivity index is 1.40. The van der Waals surface area contributed by atoms with E-state index in [1.54, 1.807) is 6.07 Å². The van der Waals surface area contributed by atoms with Gasteiger partial charge in [-0.25, -0.2) is 9.37 Å². The molecule has 4 rings (SSSR count). The molecule has 2 aliphatic heterocycles. The zero-order valence-electron chi connectivity index (χ0n) is 13.2. The summed E-state index contributed by atoms with van der Waals surface area (Å²) in [5.74, 6) is 0.802. The molecule has 23 heavy (non-hydrogen) atoms. The van der Waals surface area contributed by atoms with Crippen molar-refractivity contribution in [3.63, 3.8) is 0 Å². The number of hydrogen-bond acceptors (Lipinski definition) is 4. The highest BCUT2D eigenvalue weighted by atomic mass is 32.1. The summed E-state index contributed by atoms with van der Waals surface area (Å²) >= 11 is 1.49. The topological polar surface area (TPSA) is 36.4 Å². The van der Waals surface area contributed by atoms with Gasteiger partial charge in [0.05, 0.1) is 10.6 Å².